The number of para-hydroxylation sites is 1. The molecule has 1 amide bonds. The zero-order chi connectivity index (χ0) is 21.4. The molecule has 0 aliphatic heterocycles. The highest BCUT2D eigenvalue weighted by molar-refractivity contribution is 6.03. The van der Waals surface area contributed by atoms with Crippen molar-refractivity contribution in [1.29, 1.82) is 0 Å². The number of hydroxylamine groups is 1. The minimum atomic E-state index is -0.960. The number of halogens is 1. The van der Waals surface area contributed by atoms with Crippen molar-refractivity contribution in [3.8, 4) is 0 Å². The molecule has 0 aromatic heterocycles. The maximum Gasteiger partial charge on any atom is 0.528 e. The number of hydrogen-bond acceptors (Lipinski definition) is 5. The molecular formula is C22H25FN2O4. The fourth-order valence-corrected chi connectivity index (χ4v) is 2.44. The smallest absolute Gasteiger partial charge is 0.427 e. The van der Waals surface area contributed by atoms with Crippen molar-refractivity contribution >= 4 is 17.7 Å². The average Bonchev–Trinajstić information content (AvgIpc) is 2.65. The highest BCUT2D eigenvalue weighted by Crippen LogP contribution is 2.24. The molecule has 0 aliphatic carbocycles. The molecule has 0 heterocycles. The molecule has 2 aromatic rings. The number of benzene rings is 2. The summed E-state index contributed by atoms with van der Waals surface area (Å²) in [6.45, 7) is 8.86. The van der Waals surface area contributed by atoms with Crippen LogP contribution in [0, 0.1) is 5.82 Å². The van der Waals surface area contributed by atoms with Crippen molar-refractivity contribution in [2.45, 2.75) is 38.8 Å². The largest absolute Gasteiger partial charge is 0.528 e. The number of anilines is 1. The van der Waals surface area contributed by atoms with Gasteiger partial charge in [0.15, 0.2) is 0 Å². The normalized spacial score (nSPS) is 12.0. The van der Waals surface area contributed by atoms with Crippen LogP contribution in [0.4, 0.5) is 14.9 Å². The van der Waals surface area contributed by atoms with E-state index < -0.39 is 29.5 Å². The first kappa shape index (κ1) is 22.1. The number of nitrogens with one attached hydrogen (secondary N) is 2. The number of amides is 1. The molecule has 6 nitrogen and oxygen atoms in total. The lowest BCUT2D eigenvalue weighted by molar-refractivity contribution is -0.113. The number of rotatable bonds is 7. The highest BCUT2D eigenvalue weighted by Gasteiger charge is 2.23. The predicted octanol–water partition coefficient (Wildman–Crippen LogP) is 4.91. The van der Waals surface area contributed by atoms with Gasteiger partial charge in [0.1, 0.15) is 11.4 Å². The van der Waals surface area contributed by atoms with Gasteiger partial charge in [-0.25, -0.2) is 9.18 Å². The number of carbonyl (C=O) groups is 2. The lowest BCUT2D eigenvalue weighted by Crippen LogP contribution is -2.32. The highest BCUT2D eigenvalue weighted by atomic mass is 19.1. The van der Waals surface area contributed by atoms with Gasteiger partial charge in [-0.2, -0.15) is 0 Å². The molecule has 2 rings (SSSR count). The van der Waals surface area contributed by atoms with Crippen LogP contribution in [0.25, 0.3) is 0 Å². The van der Waals surface area contributed by atoms with Crippen LogP contribution in [-0.4, -0.2) is 17.7 Å². The lowest BCUT2D eigenvalue weighted by Gasteiger charge is -2.22. The molecule has 154 valence electrons. The predicted molar refractivity (Wildman–Crippen MR) is 108 cm³/mol. The van der Waals surface area contributed by atoms with Gasteiger partial charge in [-0.05, 0) is 39.0 Å². The van der Waals surface area contributed by atoms with E-state index in [1.54, 1.807) is 57.2 Å². The van der Waals surface area contributed by atoms with Crippen LogP contribution in [0.15, 0.2) is 66.7 Å². The fourth-order valence-electron chi connectivity index (χ4n) is 2.44. The number of carbonyl (C=O) groups excluding carboxylic acids is 2. The number of ether oxygens (including phenoxy) is 1. The van der Waals surface area contributed by atoms with Gasteiger partial charge in [0.2, 0.25) is 0 Å². The summed E-state index contributed by atoms with van der Waals surface area (Å²) in [5.41, 5.74) is 2.77. The second kappa shape index (κ2) is 9.84. The van der Waals surface area contributed by atoms with E-state index in [0.717, 1.165) is 0 Å². The zero-order valence-corrected chi connectivity index (χ0v) is 16.7. The van der Waals surface area contributed by atoms with Crippen molar-refractivity contribution in [2.75, 3.05) is 5.32 Å². The Morgan fingerprint density at radius 2 is 1.69 bits per heavy atom. The monoisotopic (exact) mass is 400 g/mol. The van der Waals surface area contributed by atoms with Crippen LogP contribution in [0.2, 0.25) is 0 Å². The number of hydrogen-bond donors (Lipinski definition) is 2. The first-order valence-electron chi connectivity index (χ1n) is 9.09. The summed E-state index contributed by atoms with van der Waals surface area (Å²) < 4.78 is 19.4. The minimum Gasteiger partial charge on any atom is -0.427 e. The second-order valence-electron chi connectivity index (χ2n) is 7.39. The summed E-state index contributed by atoms with van der Waals surface area (Å²) in [7, 11) is 0. The lowest BCUT2D eigenvalue weighted by atomic mass is 9.99. The van der Waals surface area contributed by atoms with Crippen LogP contribution < -0.4 is 10.8 Å². The Kier molecular flexibility index (Phi) is 7.50. The molecule has 0 aliphatic rings. The molecule has 7 heteroatoms. The summed E-state index contributed by atoms with van der Waals surface area (Å²) in [5.74, 6) is -0.925. The summed E-state index contributed by atoms with van der Waals surface area (Å²) in [6, 6.07) is 14.1. The molecule has 29 heavy (non-hydrogen) atoms. The van der Waals surface area contributed by atoms with Gasteiger partial charge in [-0.3, -0.25) is 4.79 Å². The molecule has 0 saturated heterocycles. The van der Waals surface area contributed by atoms with Crippen LogP contribution in [0.1, 0.15) is 38.8 Å². The molecule has 0 spiro atoms. The summed E-state index contributed by atoms with van der Waals surface area (Å²) >= 11 is 0. The molecule has 1 atom stereocenters. The fraction of sp³-hybridized carbons (Fsp3) is 0.273. The van der Waals surface area contributed by atoms with E-state index in [-0.39, 0.29) is 17.6 Å². The zero-order valence-electron chi connectivity index (χ0n) is 16.7. The molecule has 0 radical (unpaired) electrons. The van der Waals surface area contributed by atoms with Gasteiger partial charge < -0.3 is 14.9 Å². The molecule has 2 N–H and O–H groups in total. The van der Waals surface area contributed by atoms with E-state index in [9.17, 15) is 14.0 Å². The van der Waals surface area contributed by atoms with E-state index >= 15 is 0 Å². The van der Waals surface area contributed by atoms with E-state index in [4.69, 9.17) is 9.57 Å². The molecule has 0 saturated carbocycles. The molecule has 2 aromatic carbocycles. The summed E-state index contributed by atoms with van der Waals surface area (Å²) in [5, 5.41) is 2.72. The quantitative estimate of drug-likeness (QED) is 0.392. The first-order valence-corrected chi connectivity index (χ1v) is 9.09. The van der Waals surface area contributed by atoms with Gasteiger partial charge >= 0.3 is 6.16 Å². The maximum absolute atomic E-state index is 14.3. The second-order valence-corrected chi connectivity index (χ2v) is 7.39. The Morgan fingerprint density at radius 3 is 2.31 bits per heavy atom. The van der Waals surface area contributed by atoms with Gasteiger partial charge in [0.25, 0.3) is 5.91 Å². The van der Waals surface area contributed by atoms with Crippen molar-refractivity contribution in [3.05, 3.63) is 78.1 Å². The van der Waals surface area contributed by atoms with E-state index in [1.807, 2.05) is 6.07 Å². The Balaban J connectivity index is 2.08. The van der Waals surface area contributed by atoms with Crippen LogP contribution in [0.5, 0.6) is 0 Å². The van der Waals surface area contributed by atoms with Crippen LogP contribution in [-0.2, 0) is 14.4 Å². The summed E-state index contributed by atoms with van der Waals surface area (Å²) in [4.78, 5) is 29.2. The van der Waals surface area contributed by atoms with Crippen molar-refractivity contribution in [3.63, 3.8) is 0 Å². The Morgan fingerprint density at radius 1 is 1.07 bits per heavy atom. The van der Waals surface area contributed by atoms with Crippen molar-refractivity contribution < 1.29 is 23.6 Å². The topological polar surface area (TPSA) is 76.7 Å². The molecule has 0 bridgehead atoms. The molecule has 0 fully saturated rings. The van der Waals surface area contributed by atoms with Crippen molar-refractivity contribution in [2.24, 2.45) is 0 Å². The average molecular weight is 400 g/mol. The third kappa shape index (κ3) is 7.38. The van der Waals surface area contributed by atoms with Crippen LogP contribution in [0.3, 0.4) is 0 Å². The molecular weight excluding hydrogens is 375 g/mol. The van der Waals surface area contributed by atoms with Crippen molar-refractivity contribution in [1.82, 2.24) is 5.48 Å². The Labute approximate surface area is 169 Å². The van der Waals surface area contributed by atoms with Gasteiger partial charge in [0, 0.05) is 23.2 Å². The molecule has 1 unspecified atom stereocenters. The summed E-state index contributed by atoms with van der Waals surface area (Å²) in [6.07, 6.45) is -0.958. The Bertz CT molecular complexity index is 863. The van der Waals surface area contributed by atoms with E-state index in [1.165, 1.54) is 12.1 Å². The van der Waals surface area contributed by atoms with Gasteiger partial charge in [-0.15, -0.1) is 5.48 Å². The van der Waals surface area contributed by atoms with E-state index in [2.05, 4.69) is 17.4 Å². The van der Waals surface area contributed by atoms with Gasteiger partial charge in [-0.1, -0.05) is 43.0 Å². The Hall–Kier alpha value is -3.19. The maximum atomic E-state index is 14.3. The van der Waals surface area contributed by atoms with E-state index in [0.29, 0.717) is 5.69 Å². The SMILES string of the molecule is C=C(CC(NOC(=O)OC(C)(C)C)c1ccccc1F)C(=O)Nc1ccccc1. The first-order chi connectivity index (χ1) is 13.7. The third-order valence-electron chi connectivity index (χ3n) is 3.76. The third-order valence-corrected chi connectivity index (χ3v) is 3.76. The van der Waals surface area contributed by atoms with Gasteiger partial charge in [0.05, 0.1) is 6.04 Å². The van der Waals surface area contributed by atoms with Crippen LogP contribution >= 0.6 is 0 Å². The minimum absolute atomic E-state index is 0.00238. The standard InChI is InChI=1S/C22H25FN2O4/c1-15(20(26)24-16-10-6-5-7-11-16)14-19(17-12-8-9-13-18(17)23)25-29-21(27)28-22(2,3)4/h5-13,19,25H,1,14H2,2-4H3,(H,24,26).